The number of rotatable bonds is 7. The molecule has 0 aromatic carbocycles. The molecule has 0 saturated carbocycles. The topological polar surface area (TPSA) is 96.4 Å². The van der Waals surface area contributed by atoms with Crippen LogP contribution in [-0.4, -0.2) is 43.8 Å². The van der Waals surface area contributed by atoms with Crippen molar-refractivity contribution in [1.29, 1.82) is 0 Å². The molecule has 0 radical (unpaired) electrons. The maximum absolute atomic E-state index is 15.0. The SMILES string of the molecule is C=C(/C(F)=C\C=C(/C)Nc1nccc2cc(Cl)cnc12)[C@@]1(CF)N=C(N)S[C@@]2(CO)C=C12. The van der Waals surface area contributed by atoms with E-state index in [0.29, 0.717) is 27.6 Å². The summed E-state index contributed by atoms with van der Waals surface area (Å²) in [5.74, 6) is -0.263. The molecule has 4 N–H and O–H groups in total. The summed E-state index contributed by atoms with van der Waals surface area (Å²) < 4.78 is 28.4. The lowest BCUT2D eigenvalue weighted by molar-refractivity contribution is 0.285. The van der Waals surface area contributed by atoms with Gasteiger partial charge in [0.1, 0.15) is 23.6 Å². The number of nitrogens with one attached hydrogen (secondary N) is 1. The van der Waals surface area contributed by atoms with Crippen LogP contribution in [0.1, 0.15) is 6.92 Å². The average Bonchev–Trinajstić information content (AvgIpc) is 3.51. The number of hydrogen-bond acceptors (Lipinski definition) is 7. The van der Waals surface area contributed by atoms with E-state index in [1.807, 2.05) is 0 Å². The summed E-state index contributed by atoms with van der Waals surface area (Å²) in [4.78, 5) is 12.7. The van der Waals surface area contributed by atoms with Gasteiger partial charge in [0, 0.05) is 29.1 Å². The lowest BCUT2D eigenvalue weighted by atomic mass is 9.86. The van der Waals surface area contributed by atoms with Gasteiger partial charge in [-0.15, -0.1) is 0 Å². The molecule has 2 aliphatic rings. The van der Waals surface area contributed by atoms with E-state index >= 15 is 4.39 Å². The van der Waals surface area contributed by atoms with E-state index in [4.69, 9.17) is 17.3 Å². The van der Waals surface area contributed by atoms with Crippen LogP contribution in [0.15, 0.2) is 77.0 Å². The number of anilines is 1. The molecular weight excluding hydrogens is 456 g/mol. The van der Waals surface area contributed by atoms with Crippen LogP contribution in [0.4, 0.5) is 14.6 Å². The Kier molecular flexibility index (Phi) is 5.83. The number of aromatic nitrogens is 2. The van der Waals surface area contributed by atoms with Crippen LogP contribution in [0, 0.1) is 0 Å². The highest BCUT2D eigenvalue weighted by Crippen LogP contribution is 2.59. The number of aliphatic hydroxyl groups is 1. The maximum atomic E-state index is 15.0. The number of amidine groups is 1. The summed E-state index contributed by atoms with van der Waals surface area (Å²) in [7, 11) is 0. The van der Waals surface area contributed by atoms with Gasteiger partial charge in [0.2, 0.25) is 0 Å². The van der Waals surface area contributed by atoms with E-state index < -0.39 is 22.8 Å². The first-order valence-corrected chi connectivity index (χ1v) is 10.8. The van der Waals surface area contributed by atoms with Gasteiger partial charge >= 0.3 is 0 Å². The van der Waals surface area contributed by atoms with Crippen molar-refractivity contribution in [2.45, 2.75) is 17.2 Å². The molecule has 2 aromatic heterocycles. The minimum absolute atomic E-state index is 0.0752. The van der Waals surface area contributed by atoms with Crippen molar-refractivity contribution in [3.8, 4) is 0 Å². The van der Waals surface area contributed by atoms with Crippen LogP contribution in [0.5, 0.6) is 0 Å². The van der Waals surface area contributed by atoms with Crippen molar-refractivity contribution in [3.05, 3.63) is 77.0 Å². The maximum Gasteiger partial charge on any atom is 0.156 e. The fourth-order valence-electron chi connectivity index (χ4n) is 3.63. The second-order valence-corrected chi connectivity index (χ2v) is 9.29. The van der Waals surface area contributed by atoms with Crippen molar-refractivity contribution in [1.82, 2.24) is 9.97 Å². The van der Waals surface area contributed by atoms with Gasteiger partial charge < -0.3 is 16.2 Å². The van der Waals surface area contributed by atoms with Gasteiger partial charge in [0.25, 0.3) is 0 Å². The third kappa shape index (κ3) is 3.80. The Balaban J connectivity index is 1.57. The van der Waals surface area contributed by atoms with Crippen molar-refractivity contribution >= 4 is 45.3 Å². The summed E-state index contributed by atoms with van der Waals surface area (Å²) in [6, 6.07) is 3.55. The third-order valence-electron chi connectivity index (χ3n) is 5.36. The van der Waals surface area contributed by atoms with Gasteiger partial charge in [-0.3, -0.25) is 4.98 Å². The summed E-state index contributed by atoms with van der Waals surface area (Å²) in [5.41, 5.74) is 5.69. The number of nitrogens with zero attached hydrogens (tertiary/aromatic N) is 3. The smallest absolute Gasteiger partial charge is 0.156 e. The van der Waals surface area contributed by atoms with Crippen molar-refractivity contribution < 1.29 is 13.9 Å². The zero-order valence-electron chi connectivity index (χ0n) is 17.1. The zero-order chi connectivity index (χ0) is 23.1. The number of hydrogen-bond donors (Lipinski definition) is 3. The fourth-order valence-corrected chi connectivity index (χ4v) is 4.89. The monoisotopic (exact) mass is 475 g/mol. The first-order chi connectivity index (χ1) is 15.2. The van der Waals surface area contributed by atoms with Gasteiger partial charge in [0.05, 0.1) is 16.4 Å². The number of nitrogens with two attached hydrogens (primary N) is 1. The highest BCUT2D eigenvalue weighted by atomic mass is 35.5. The quantitative estimate of drug-likeness (QED) is 0.404. The van der Waals surface area contributed by atoms with Crippen molar-refractivity contribution in [3.63, 3.8) is 0 Å². The summed E-state index contributed by atoms with van der Waals surface area (Å²) in [5, 5.41) is 14.1. The van der Waals surface area contributed by atoms with E-state index in [2.05, 4.69) is 26.9 Å². The Morgan fingerprint density at radius 2 is 2.19 bits per heavy atom. The van der Waals surface area contributed by atoms with Gasteiger partial charge in [0.15, 0.2) is 11.0 Å². The predicted octanol–water partition coefficient (Wildman–Crippen LogP) is 4.45. The molecule has 32 heavy (non-hydrogen) atoms. The van der Waals surface area contributed by atoms with E-state index in [-0.39, 0.29) is 17.3 Å². The van der Waals surface area contributed by atoms with E-state index in [9.17, 15) is 9.50 Å². The van der Waals surface area contributed by atoms with Crippen molar-refractivity contribution in [2.24, 2.45) is 10.7 Å². The molecule has 3 heterocycles. The molecule has 6 nitrogen and oxygen atoms in total. The fraction of sp³-hybridized carbons (Fsp3) is 0.227. The number of aliphatic imine (C=N–C) groups is 1. The molecule has 0 amide bonds. The molecule has 0 spiro atoms. The second kappa shape index (κ2) is 8.31. The number of pyridine rings is 2. The Morgan fingerprint density at radius 3 is 2.91 bits per heavy atom. The standard InChI is InChI=1S/C22H20ClF2N5OS/c1-12(29-19-18-14(5-6-27-19)7-15(23)9-28-18)3-4-16(25)13(2)22(10-24)17-8-21(17,11-31)32-20(26)30-22/h3-9,31H,2,10-11H2,1H3,(H2,26,30)(H,27,29)/b12-3+,16-4+/t21-,22-/m1/s1. The number of thioether (sulfide) groups is 1. The summed E-state index contributed by atoms with van der Waals surface area (Å²) >= 11 is 7.11. The Morgan fingerprint density at radius 1 is 1.41 bits per heavy atom. The lowest BCUT2D eigenvalue weighted by Crippen LogP contribution is -2.42. The Hall–Kier alpha value is -2.75. The minimum Gasteiger partial charge on any atom is -0.394 e. The predicted molar refractivity (Wildman–Crippen MR) is 126 cm³/mol. The van der Waals surface area contributed by atoms with E-state index in [1.54, 1.807) is 31.3 Å². The number of aliphatic hydroxyl groups excluding tert-OH is 1. The van der Waals surface area contributed by atoms with Crippen LogP contribution in [0.25, 0.3) is 10.9 Å². The van der Waals surface area contributed by atoms with E-state index in [1.165, 1.54) is 18.3 Å². The summed E-state index contributed by atoms with van der Waals surface area (Å²) in [6.45, 7) is 4.18. The van der Waals surface area contributed by atoms with Crippen LogP contribution in [-0.2, 0) is 0 Å². The van der Waals surface area contributed by atoms with Gasteiger partial charge in [-0.05, 0) is 36.8 Å². The Labute approximate surface area is 192 Å². The molecule has 2 atom stereocenters. The highest BCUT2D eigenvalue weighted by Gasteiger charge is 2.60. The molecule has 10 heteroatoms. The van der Waals surface area contributed by atoms with Crippen LogP contribution in [0.3, 0.4) is 0 Å². The first-order valence-electron chi connectivity index (χ1n) is 9.61. The van der Waals surface area contributed by atoms with E-state index in [0.717, 1.165) is 17.1 Å². The molecule has 2 aromatic rings. The molecule has 4 rings (SSSR count). The van der Waals surface area contributed by atoms with Gasteiger partial charge in [-0.2, -0.15) is 0 Å². The Bertz CT molecular complexity index is 1240. The lowest BCUT2D eigenvalue weighted by Gasteiger charge is -2.34. The van der Waals surface area contributed by atoms with Gasteiger partial charge in [-0.1, -0.05) is 36.0 Å². The molecule has 1 aliphatic carbocycles. The number of halogens is 3. The third-order valence-corrected chi connectivity index (χ3v) is 6.70. The summed E-state index contributed by atoms with van der Waals surface area (Å²) in [6.07, 6.45) is 7.44. The molecule has 0 saturated heterocycles. The van der Waals surface area contributed by atoms with Crippen LogP contribution >= 0.6 is 23.4 Å². The minimum atomic E-state index is -1.64. The van der Waals surface area contributed by atoms with Crippen LogP contribution in [0.2, 0.25) is 5.02 Å². The molecule has 0 fully saturated rings. The molecule has 1 aliphatic heterocycles. The largest absolute Gasteiger partial charge is 0.394 e. The highest BCUT2D eigenvalue weighted by molar-refractivity contribution is 8.15. The normalized spacial score (nSPS) is 25.2. The second-order valence-electron chi connectivity index (χ2n) is 7.50. The number of alkyl halides is 1. The van der Waals surface area contributed by atoms with Crippen molar-refractivity contribution in [2.75, 3.05) is 18.6 Å². The number of allylic oxidation sites excluding steroid dienone is 3. The molecule has 166 valence electrons. The first kappa shape index (κ1) is 22.4. The molecular formula is C22H20ClF2N5OS. The molecule has 0 bridgehead atoms. The number of fused-ring (bicyclic) bond motifs is 2. The average molecular weight is 476 g/mol. The van der Waals surface area contributed by atoms with Gasteiger partial charge in [-0.25, -0.2) is 18.8 Å². The zero-order valence-corrected chi connectivity index (χ0v) is 18.6. The molecule has 0 unspecified atom stereocenters. The van der Waals surface area contributed by atoms with Crippen LogP contribution < -0.4 is 11.1 Å².